The van der Waals surface area contributed by atoms with Crippen LogP contribution in [0.5, 0.6) is 0 Å². The number of amides is 1. The minimum atomic E-state index is -1.02. The van der Waals surface area contributed by atoms with Gasteiger partial charge in [-0.25, -0.2) is 9.18 Å². The van der Waals surface area contributed by atoms with Gasteiger partial charge < -0.3 is 10.1 Å². The van der Waals surface area contributed by atoms with E-state index in [1.807, 2.05) is 19.1 Å². The van der Waals surface area contributed by atoms with Gasteiger partial charge in [0.25, 0.3) is 5.91 Å². The van der Waals surface area contributed by atoms with E-state index < -0.39 is 23.8 Å². The highest BCUT2D eigenvalue weighted by atomic mass is 79.9. The van der Waals surface area contributed by atoms with Gasteiger partial charge in [0.2, 0.25) is 0 Å². The van der Waals surface area contributed by atoms with Crippen molar-refractivity contribution < 1.29 is 18.7 Å². The molecule has 1 amide bonds. The molecule has 0 saturated carbocycles. The van der Waals surface area contributed by atoms with Gasteiger partial charge in [0.15, 0.2) is 6.10 Å². The van der Waals surface area contributed by atoms with Crippen LogP contribution in [0.25, 0.3) is 0 Å². The van der Waals surface area contributed by atoms with Crippen LogP contribution in [0.4, 0.5) is 10.1 Å². The molecule has 1 N–H and O–H groups in total. The number of hydrogen-bond acceptors (Lipinski definition) is 3. The Kier molecular flexibility index (Phi) is 5.72. The Morgan fingerprint density at radius 1 is 1.17 bits per heavy atom. The van der Waals surface area contributed by atoms with E-state index in [-0.39, 0.29) is 5.56 Å². The summed E-state index contributed by atoms with van der Waals surface area (Å²) in [4.78, 5) is 24.2. The van der Waals surface area contributed by atoms with Crippen molar-refractivity contribution in [1.82, 2.24) is 0 Å². The van der Waals surface area contributed by atoms with E-state index in [4.69, 9.17) is 4.74 Å². The van der Waals surface area contributed by atoms with E-state index in [1.54, 1.807) is 13.0 Å². The average Bonchev–Trinajstić information content (AvgIpc) is 2.52. The molecule has 2 aromatic carbocycles. The molecule has 0 aromatic heterocycles. The second-order valence-corrected chi connectivity index (χ2v) is 6.34. The van der Waals surface area contributed by atoms with Crippen molar-refractivity contribution in [2.75, 3.05) is 5.32 Å². The Morgan fingerprint density at radius 2 is 1.88 bits per heavy atom. The van der Waals surface area contributed by atoms with Gasteiger partial charge >= 0.3 is 5.97 Å². The molecule has 2 aromatic rings. The quantitative estimate of drug-likeness (QED) is 0.783. The maximum Gasteiger partial charge on any atom is 0.339 e. The van der Waals surface area contributed by atoms with Crippen molar-refractivity contribution in [1.29, 1.82) is 0 Å². The molecule has 0 aliphatic carbocycles. The van der Waals surface area contributed by atoms with Crippen LogP contribution in [-0.2, 0) is 9.53 Å². The summed E-state index contributed by atoms with van der Waals surface area (Å²) in [6, 6.07) is 9.51. The van der Waals surface area contributed by atoms with Gasteiger partial charge in [-0.3, -0.25) is 4.79 Å². The molecule has 0 radical (unpaired) electrons. The van der Waals surface area contributed by atoms with Crippen LogP contribution in [0.15, 0.2) is 40.9 Å². The van der Waals surface area contributed by atoms with E-state index in [2.05, 4.69) is 21.2 Å². The lowest BCUT2D eigenvalue weighted by molar-refractivity contribution is -0.123. The van der Waals surface area contributed by atoms with Crippen LogP contribution in [0.1, 0.15) is 28.4 Å². The minimum Gasteiger partial charge on any atom is -0.449 e. The van der Waals surface area contributed by atoms with Crippen LogP contribution in [-0.4, -0.2) is 18.0 Å². The Bertz CT molecular complexity index is 792. The van der Waals surface area contributed by atoms with Crippen LogP contribution < -0.4 is 5.32 Å². The summed E-state index contributed by atoms with van der Waals surface area (Å²) in [6.45, 7) is 4.99. The first-order valence-corrected chi connectivity index (χ1v) is 8.11. The third-order valence-electron chi connectivity index (χ3n) is 3.44. The largest absolute Gasteiger partial charge is 0.449 e. The zero-order valence-electron chi connectivity index (χ0n) is 13.5. The van der Waals surface area contributed by atoms with Gasteiger partial charge in [0.05, 0.1) is 11.3 Å². The number of esters is 1. The van der Waals surface area contributed by atoms with Crippen molar-refractivity contribution in [3.8, 4) is 0 Å². The molecule has 0 spiro atoms. The third kappa shape index (κ3) is 4.41. The Balaban J connectivity index is 2.02. The topological polar surface area (TPSA) is 55.4 Å². The highest BCUT2D eigenvalue weighted by molar-refractivity contribution is 9.10. The maximum atomic E-state index is 13.5. The molecule has 126 valence electrons. The first-order chi connectivity index (χ1) is 11.3. The fourth-order valence-corrected chi connectivity index (χ4v) is 2.55. The lowest BCUT2D eigenvalue weighted by Gasteiger charge is -2.14. The molecule has 0 aliphatic rings. The minimum absolute atomic E-state index is 0.0641. The average molecular weight is 394 g/mol. The number of hydrogen-bond donors (Lipinski definition) is 1. The number of ether oxygens (including phenoxy) is 1. The number of nitrogens with one attached hydrogen (secondary N) is 1. The zero-order chi connectivity index (χ0) is 17.9. The number of carbonyl (C=O) groups excluding carboxylic acids is 2. The summed E-state index contributed by atoms with van der Waals surface area (Å²) < 4.78 is 19.3. The molecule has 4 nitrogen and oxygen atoms in total. The maximum absolute atomic E-state index is 13.5. The van der Waals surface area contributed by atoms with E-state index in [9.17, 15) is 14.0 Å². The SMILES string of the molecule is Cc1ccc(NC(=O)[C@@H](C)OC(=O)c2ccc(C)c(F)c2)c(Br)c1. The first kappa shape index (κ1) is 18.1. The normalized spacial score (nSPS) is 11.7. The lowest BCUT2D eigenvalue weighted by atomic mass is 10.1. The molecular weight excluding hydrogens is 377 g/mol. The summed E-state index contributed by atoms with van der Waals surface area (Å²) in [6.07, 6.45) is -1.02. The summed E-state index contributed by atoms with van der Waals surface area (Å²) in [5.74, 6) is -1.72. The van der Waals surface area contributed by atoms with E-state index >= 15 is 0 Å². The number of aryl methyl sites for hydroxylation is 2. The van der Waals surface area contributed by atoms with E-state index in [0.717, 1.165) is 16.1 Å². The molecule has 0 unspecified atom stereocenters. The zero-order valence-corrected chi connectivity index (χ0v) is 15.1. The fraction of sp³-hybridized carbons (Fsp3) is 0.222. The standard InChI is InChI=1S/C18H17BrFNO3/c1-10-4-7-16(14(19)8-10)21-17(22)12(3)24-18(23)13-6-5-11(2)15(20)9-13/h4-9,12H,1-3H3,(H,21,22)/t12-/m1/s1. The third-order valence-corrected chi connectivity index (χ3v) is 4.10. The first-order valence-electron chi connectivity index (χ1n) is 7.32. The molecule has 0 heterocycles. The molecule has 24 heavy (non-hydrogen) atoms. The number of benzene rings is 2. The van der Waals surface area contributed by atoms with Gasteiger partial charge in [0.1, 0.15) is 5.82 Å². The van der Waals surface area contributed by atoms with Gasteiger partial charge in [-0.05, 0) is 72.1 Å². The summed E-state index contributed by atoms with van der Waals surface area (Å²) in [5, 5.41) is 2.68. The van der Waals surface area contributed by atoms with Crippen LogP contribution in [0.3, 0.4) is 0 Å². The van der Waals surface area contributed by atoms with Crippen molar-refractivity contribution in [2.24, 2.45) is 0 Å². The second-order valence-electron chi connectivity index (χ2n) is 5.48. The smallest absolute Gasteiger partial charge is 0.339 e. The second kappa shape index (κ2) is 7.57. The number of anilines is 1. The fourth-order valence-electron chi connectivity index (χ4n) is 1.96. The monoisotopic (exact) mass is 393 g/mol. The van der Waals surface area contributed by atoms with Gasteiger partial charge in [-0.2, -0.15) is 0 Å². The van der Waals surface area contributed by atoms with Gasteiger partial charge in [0, 0.05) is 4.47 Å². The molecule has 0 saturated heterocycles. The van der Waals surface area contributed by atoms with Crippen LogP contribution >= 0.6 is 15.9 Å². The van der Waals surface area contributed by atoms with Gasteiger partial charge in [-0.1, -0.05) is 12.1 Å². The number of rotatable bonds is 4. The summed E-state index contributed by atoms with van der Waals surface area (Å²) in [7, 11) is 0. The number of carbonyl (C=O) groups is 2. The molecule has 1 atom stereocenters. The van der Waals surface area contributed by atoms with E-state index in [1.165, 1.54) is 19.1 Å². The van der Waals surface area contributed by atoms with Crippen molar-refractivity contribution >= 4 is 33.5 Å². The molecule has 6 heteroatoms. The van der Waals surface area contributed by atoms with Crippen LogP contribution in [0, 0.1) is 19.7 Å². The Labute approximate surface area is 148 Å². The van der Waals surface area contributed by atoms with Gasteiger partial charge in [-0.15, -0.1) is 0 Å². The molecule has 0 aliphatic heterocycles. The highest BCUT2D eigenvalue weighted by Crippen LogP contribution is 2.23. The molecular formula is C18H17BrFNO3. The Morgan fingerprint density at radius 3 is 2.50 bits per heavy atom. The predicted octanol–water partition coefficient (Wildman–Crippen LogP) is 4.39. The molecule has 0 bridgehead atoms. The predicted molar refractivity (Wildman–Crippen MR) is 93.5 cm³/mol. The highest BCUT2D eigenvalue weighted by Gasteiger charge is 2.20. The van der Waals surface area contributed by atoms with E-state index in [0.29, 0.717) is 11.3 Å². The lowest BCUT2D eigenvalue weighted by Crippen LogP contribution is -2.30. The van der Waals surface area contributed by atoms with Crippen molar-refractivity contribution in [2.45, 2.75) is 26.9 Å². The summed E-state index contributed by atoms with van der Waals surface area (Å²) in [5.41, 5.74) is 2.12. The number of halogens is 2. The van der Waals surface area contributed by atoms with Crippen molar-refractivity contribution in [3.05, 3.63) is 63.4 Å². The molecule has 0 fully saturated rings. The Hall–Kier alpha value is -2.21. The van der Waals surface area contributed by atoms with Crippen molar-refractivity contribution in [3.63, 3.8) is 0 Å². The molecule has 2 rings (SSSR count). The van der Waals surface area contributed by atoms with Crippen LogP contribution in [0.2, 0.25) is 0 Å². The summed E-state index contributed by atoms with van der Waals surface area (Å²) >= 11 is 3.36.